The van der Waals surface area contributed by atoms with Gasteiger partial charge in [-0.1, -0.05) is 12.1 Å². The van der Waals surface area contributed by atoms with Crippen LogP contribution in [0.15, 0.2) is 47.3 Å². The molecule has 2 heterocycles. The summed E-state index contributed by atoms with van der Waals surface area (Å²) < 4.78 is 12.3. The number of nitrogens with one attached hydrogen (secondary N) is 2. The smallest absolute Gasteiger partial charge is 0.319 e. The number of hydrogen-bond acceptors (Lipinski definition) is 6. The summed E-state index contributed by atoms with van der Waals surface area (Å²) in [5.74, 6) is 1.64. The van der Waals surface area contributed by atoms with Crippen LogP contribution in [-0.4, -0.2) is 48.9 Å². The minimum Gasteiger partial charge on any atom is -0.497 e. The summed E-state index contributed by atoms with van der Waals surface area (Å²) in [7, 11) is 3.12. The molecule has 1 aromatic heterocycles. The molecular weight excluding hydrogens is 422 g/mol. The highest BCUT2D eigenvalue weighted by Crippen LogP contribution is 2.29. The molecule has 33 heavy (non-hydrogen) atoms. The number of carbonyl (C=O) groups excluding carboxylic acids is 1. The highest BCUT2D eigenvalue weighted by molar-refractivity contribution is 5.91. The van der Waals surface area contributed by atoms with Crippen molar-refractivity contribution in [3.63, 3.8) is 0 Å². The van der Waals surface area contributed by atoms with E-state index < -0.39 is 0 Å². The average molecular weight is 452 g/mol. The Balaban J connectivity index is 1.40. The van der Waals surface area contributed by atoms with E-state index in [2.05, 4.69) is 15.6 Å². The number of nitrogens with zero attached hydrogens (tertiary/aromatic N) is 3. The molecule has 3 aromatic rings. The number of amides is 2. The van der Waals surface area contributed by atoms with Gasteiger partial charge < -0.3 is 29.6 Å². The number of anilines is 2. The van der Waals surface area contributed by atoms with Gasteiger partial charge in [-0.3, -0.25) is 4.79 Å². The molecule has 0 aliphatic carbocycles. The summed E-state index contributed by atoms with van der Waals surface area (Å²) in [5, 5.41) is 5.86. The van der Waals surface area contributed by atoms with Crippen LogP contribution in [0.25, 0.3) is 11.0 Å². The molecule has 0 radical (unpaired) electrons. The zero-order valence-corrected chi connectivity index (χ0v) is 19.1. The van der Waals surface area contributed by atoms with Gasteiger partial charge >= 0.3 is 6.03 Å². The van der Waals surface area contributed by atoms with Crippen molar-refractivity contribution in [3.8, 4) is 11.5 Å². The molecule has 1 saturated heterocycles. The zero-order chi connectivity index (χ0) is 23.4. The van der Waals surface area contributed by atoms with Crippen molar-refractivity contribution in [2.75, 3.05) is 37.5 Å². The minimum atomic E-state index is -0.297. The molecule has 2 aromatic carbocycles. The van der Waals surface area contributed by atoms with E-state index in [1.165, 1.54) is 0 Å². The van der Waals surface area contributed by atoms with E-state index >= 15 is 0 Å². The number of carbonyl (C=O) groups is 1. The van der Waals surface area contributed by atoms with Gasteiger partial charge in [0.2, 0.25) is 0 Å². The number of para-hydroxylation sites is 2. The molecule has 0 bridgehead atoms. The highest BCUT2D eigenvalue weighted by Gasteiger charge is 2.24. The topological polar surface area (TPSA) is 97.7 Å². The van der Waals surface area contributed by atoms with Crippen LogP contribution in [0.4, 0.5) is 16.3 Å². The van der Waals surface area contributed by atoms with Gasteiger partial charge in [-0.05, 0) is 44.0 Å². The first kappa shape index (κ1) is 22.4. The summed E-state index contributed by atoms with van der Waals surface area (Å²) in [6, 6.07) is 12.6. The molecule has 2 amide bonds. The second kappa shape index (κ2) is 9.81. The number of hydrogen-bond donors (Lipinski definition) is 2. The van der Waals surface area contributed by atoms with Gasteiger partial charge in [0.15, 0.2) is 5.82 Å². The van der Waals surface area contributed by atoms with Crippen molar-refractivity contribution < 1.29 is 14.3 Å². The van der Waals surface area contributed by atoms with Gasteiger partial charge in [0.1, 0.15) is 11.5 Å². The third-order valence-corrected chi connectivity index (χ3v) is 5.94. The summed E-state index contributed by atoms with van der Waals surface area (Å²) in [6.45, 7) is 3.83. The Morgan fingerprint density at radius 3 is 2.58 bits per heavy atom. The highest BCUT2D eigenvalue weighted by atomic mass is 16.5. The summed E-state index contributed by atoms with van der Waals surface area (Å²) in [5.41, 5.74) is 2.14. The molecule has 9 nitrogen and oxygen atoms in total. The van der Waals surface area contributed by atoms with E-state index in [1.54, 1.807) is 37.0 Å². The van der Waals surface area contributed by atoms with Crippen LogP contribution in [0.2, 0.25) is 0 Å². The molecule has 1 aliphatic heterocycles. The Kier molecular flexibility index (Phi) is 6.67. The van der Waals surface area contributed by atoms with Crippen LogP contribution in [-0.2, 0) is 6.54 Å². The number of aromatic nitrogens is 2. The zero-order valence-electron chi connectivity index (χ0n) is 19.1. The van der Waals surface area contributed by atoms with Crippen molar-refractivity contribution in [2.24, 2.45) is 0 Å². The maximum Gasteiger partial charge on any atom is 0.319 e. The van der Waals surface area contributed by atoms with Crippen molar-refractivity contribution in [3.05, 3.63) is 52.8 Å². The first-order valence-corrected chi connectivity index (χ1v) is 11.1. The lowest BCUT2D eigenvalue weighted by Gasteiger charge is -2.33. The monoisotopic (exact) mass is 451 g/mol. The van der Waals surface area contributed by atoms with Gasteiger partial charge in [-0.15, -0.1) is 0 Å². The van der Waals surface area contributed by atoms with E-state index in [0.717, 1.165) is 11.0 Å². The molecule has 0 atom stereocenters. The first-order chi connectivity index (χ1) is 16.0. The second-order valence-corrected chi connectivity index (χ2v) is 7.90. The van der Waals surface area contributed by atoms with Crippen LogP contribution >= 0.6 is 0 Å². The van der Waals surface area contributed by atoms with Crippen molar-refractivity contribution in [1.82, 2.24) is 14.9 Å². The summed E-state index contributed by atoms with van der Waals surface area (Å²) >= 11 is 0. The van der Waals surface area contributed by atoms with E-state index in [9.17, 15) is 9.59 Å². The quantitative estimate of drug-likeness (QED) is 0.597. The predicted molar refractivity (Wildman–Crippen MR) is 129 cm³/mol. The molecule has 1 aliphatic rings. The molecule has 9 heteroatoms. The van der Waals surface area contributed by atoms with Gasteiger partial charge in [-0.2, -0.15) is 0 Å². The maximum atomic E-state index is 13.0. The van der Waals surface area contributed by atoms with Crippen molar-refractivity contribution in [1.29, 1.82) is 0 Å². The molecule has 0 saturated carbocycles. The van der Waals surface area contributed by atoms with Crippen LogP contribution in [0.3, 0.4) is 0 Å². The van der Waals surface area contributed by atoms with Crippen LogP contribution in [0, 0.1) is 0 Å². The van der Waals surface area contributed by atoms with Gasteiger partial charge in [0, 0.05) is 31.7 Å². The second-order valence-electron chi connectivity index (χ2n) is 7.90. The van der Waals surface area contributed by atoms with Crippen molar-refractivity contribution in [2.45, 2.75) is 32.4 Å². The van der Waals surface area contributed by atoms with Crippen molar-refractivity contribution >= 4 is 28.6 Å². The maximum absolute atomic E-state index is 13.0. The van der Waals surface area contributed by atoms with E-state index in [0.29, 0.717) is 55.5 Å². The van der Waals surface area contributed by atoms with E-state index in [-0.39, 0.29) is 17.6 Å². The molecular formula is C24H29N5O4. The van der Waals surface area contributed by atoms with Gasteiger partial charge in [-0.25, -0.2) is 9.78 Å². The lowest BCUT2D eigenvalue weighted by atomic mass is 10.1. The Hall–Kier alpha value is -3.75. The SMILES string of the molecule is CCn1c(=O)c(N2CCC(NC(=O)Nc3ccc(OC)cc3OC)CC2)nc2ccccc21. The molecule has 4 rings (SSSR count). The fourth-order valence-electron chi connectivity index (χ4n) is 4.18. The Bertz CT molecular complexity index is 1200. The normalized spacial score (nSPS) is 14.2. The number of aryl methyl sites for hydroxylation is 1. The summed E-state index contributed by atoms with van der Waals surface area (Å²) in [4.78, 5) is 32.3. The number of fused-ring (bicyclic) bond motifs is 1. The molecule has 174 valence electrons. The molecule has 0 spiro atoms. The molecule has 1 fully saturated rings. The average Bonchev–Trinajstić information content (AvgIpc) is 2.84. The largest absolute Gasteiger partial charge is 0.497 e. The molecule has 2 N–H and O–H groups in total. The molecule has 0 unspecified atom stereocenters. The standard InChI is InChI=1S/C24H29N5O4/c1-4-29-20-8-6-5-7-18(20)26-22(23(29)30)28-13-11-16(12-14-28)25-24(31)27-19-10-9-17(32-2)15-21(19)33-3/h5-10,15-16H,4,11-14H2,1-3H3,(H2,25,27,31). The van der Waals surface area contributed by atoms with Gasteiger partial charge in [0.25, 0.3) is 5.56 Å². The fraction of sp³-hybridized carbons (Fsp3) is 0.375. The first-order valence-electron chi connectivity index (χ1n) is 11.1. The fourth-order valence-corrected chi connectivity index (χ4v) is 4.18. The third-order valence-electron chi connectivity index (χ3n) is 5.94. The van der Waals surface area contributed by atoms with Crippen LogP contribution in [0.1, 0.15) is 19.8 Å². The van der Waals surface area contributed by atoms with E-state index in [4.69, 9.17) is 9.47 Å². The number of benzene rings is 2. The minimum absolute atomic E-state index is 0.000602. The number of ether oxygens (including phenoxy) is 2. The van der Waals surface area contributed by atoms with Gasteiger partial charge in [0.05, 0.1) is 30.9 Å². The predicted octanol–water partition coefficient (Wildman–Crippen LogP) is 3.22. The van der Waals surface area contributed by atoms with Crippen LogP contribution in [0.5, 0.6) is 11.5 Å². The third kappa shape index (κ3) is 4.72. The Morgan fingerprint density at radius 2 is 1.88 bits per heavy atom. The number of piperidine rings is 1. The Morgan fingerprint density at radius 1 is 1.12 bits per heavy atom. The van der Waals surface area contributed by atoms with E-state index in [1.807, 2.05) is 36.1 Å². The van der Waals surface area contributed by atoms with Crippen LogP contribution < -0.4 is 30.6 Å². The number of methoxy groups -OCH3 is 2. The number of urea groups is 1. The lowest BCUT2D eigenvalue weighted by molar-refractivity contribution is 0.245. The number of rotatable bonds is 6. The lowest BCUT2D eigenvalue weighted by Crippen LogP contribution is -2.47. The Labute approximate surface area is 192 Å². The summed E-state index contributed by atoms with van der Waals surface area (Å²) in [6.07, 6.45) is 1.43.